The molecule has 2 aromatic carbocycles. The molecule has 2 aromatic heterocycles. The molecule has 0 spiro atoms. The summed E-state index contributed by atoms with van der Waals surface area (Å²) in [4.78, 5) is 30.8. The number of aryl methyl sites for hydroxylation is 1. The number of benzene rings is 2. The number of carboxylic acid groups (broad SMARTS) is 1. The molecule has 9 nitrogen and oxygen atoms in total. The van der Waals surface area contributed by atoms with Gasteiger partial charge in [-0.3, -0.25) is 4.79 Å². The summed E-state index contributed by atoms with van der Waals surface area (Å²) in [5, 5.41) is 13.9. The first-order chi connectivity index (χ1) is 16.5. The molecule has 0 atom stereocenters. The Bertz CT molecular complexity index is 1430. The second-order valence-corrected chi connectivity index (χ2v) is 7.91. The molecular weight excluding hydrogens is 436 g/mol. The van der Waals surface area contributed by atoms with Crippen LogP contribution >= 0.6 is 0 Å². The van der Waals surface area contributed by atoms with E-state index in [4.69, 9.17) is 9.47 Å². The van der Waals surface area contributed by atoms with Crippen molar-refractivity contribution in [3.8, 4) is 22.8 Å². The first kappa shape index (κ1) is 21.4. The zero-order valence-electron chi connectivity index (χ0n) is 18.7. The number of aromatic nitrogens is 3. The van der Waals surface area contributed by atoms with Gasteiger partial charge < -0.3 is 19.5 Å². The molecule has 0 saturated carbocycles. The lowest BCUT2D eigenvalue weighted by molar-refractivity contribution is 0.0696. The van der Waals surface area contributed by atoms with Gasteiger partial charge in [-0.2, -0.15) is 5.10 Å². The van der Waals surface area contributed by atoms with Crippen LogP contribution in [0.3, 0.4) is 0 Å². The average Bonchev–Trinajstić information content (AvgIpc) is 3.31. The molecule has 1 N–H and O–H groups in total. The second-order valence-electron chi connectivity index (χ2n) is 7.91. The number of anilines is 1. The lowest BCUT2D eigenvalue weighted by Crippen LogP contribution is -2.35. The maximum Gasteiger partial charge on any atom is 0.335 e. The maximum atomic E-state index is 13.5. The van der Waals surface area contributed by atoms with Crippen molar-refractivity contribution >= 4 is 23.2 Å². The van der Waals surface area contributed by atoms with Crippen LogP contribution in [0.15, 0.2) is 54.7 Å². The Kier molecular flexibility index (Phi) is 5.37. The fourth-order valence-corrected chi connectivity index (χ4v) is 4.29. The zero-order valence-corrected chi connectivity index (χ0v) is 18.7. The first-order valence-electron chi connectivity index (χ1n) is 10.8. The minimum atomic E-state index is -0.986. The van der Waals surface area contributed by atoms with Gasteiger partial charge in [0.2, 0.25) is 0 Å². The van der Waals surface area contributed by atoms with Gasteiger partial charge in [0.15, 0.2) is 22.8 Å². The normalized spacial score (nSPS) is 12.9. The number of hydrogen-bond donors (Lipinski definition) is 1. The van der Waals surface area contributed by atoms with Crippen LogP contribution in [0.25, 0.3) is 16.9 Å². The molecule has 1 aliphatic rings. The number of rotatable bonds is 5. The van der Waals surface area contributed by atoms with Crippen LogP contribution in [0.4, 0.5) is 5.69 Å². The Labute approximate surface area is 195 Å². The number of ether oxygens (including phenoxy) is 2. The van der Waals surface area contributed by atoms with Crippen molar-refractivity contribution in [2.24, 2.45) is 0 Å². The SMILES string of the molecule is COc1ccc(-c2ccnc3cc(C(=O)N4CCCc5cc(C(=O)O)ccc54)nn23)cc1OC. The maximum absolute atomic E-state index is 13.5. The van der Waals surface area contributed by atoms with E-state index in [2.05, 4.69) is 10.1 Å². The third-order valence-corrected chi connectivity index (χ3v) is 5.95. The van der Waals surface area contributed by atoms with E-state index in [0.717, 1.165) is 29.7 Å². The molecule has 34 heavy (non-hydrogen) atoms. The van der Waals surface area contributed by atoms with Crippen molar-refractivity contribution in [1.29, 1.82) is 0 Å². The monoisotopic (exact) mass is 458 g/mol. The fraction of sp³-hybridized carbons (Fsp3) is 0.200. The Hall–Kier alpha value is -4.40. The van der Waals surface area contributed by atoms with E-state index < -0.39 is 5.97 Å². The number of nitrogens with zero attached hydrogens (tertiary/aromatic N) is 4. The number of methoxy groups -OCH3 is 2. The van der Waals surface area contributed by atoms with Crippen LogP contribution in [0.5, 0.6) is 11.5 Å². The summed E-state index contributed by atoms with van der Waals surface area (Å²) in [5.74, 6) is -0.0464. The zero-order chi connectivity index (χ0) is 23.8. The average molecular weight is 458 g/mol. The molecule has 5 rings (SSSR count). The summed E-state index contributed by atoms with van der Waals surface area (Å²) in [7, 11) is 3.15. The molecule has 0 saturated heterocycles. The van der Waals surface area contributed by atoms with Gasteiger partial charge in [0.05, 0.1) is 25.5 Å². The van der Waals surface area contributed by atoms with Gasteiger partial charge in [-0.25, -0.2) is 14.3 Å². The molecule has 0 fully saturated rings. The molecule has 1 amide bonds. The molecule has 3 heterocycles. The van der Waals surface area contributed by atoms with Gasteiger partial charge >= 0.3 is 5.97 Å². The molecule has 0 unspecified atom stereocenters. The summed E-state index contributed by atoms with van der Waals surface area (Å²) in [6.45, 7) is 0.530. The highest BCUT2D eigenvalue weighted by Crippen LogP contribution is 2.33. The van der Waals surface area contributed by atoms with E-state index in [1.165, 1.54) is 6.07 Å². The summed E-state index contributed by atoms with van der Waals surface area (Å²) in [6.07, 6.45) is 3.13. The van der Waals surface area contributed by atoms with E-state index in [1.54, 1.807) is 48.0 Å². The third kappa shape index (κ3) is 3.61. The fourth-order valence-electron chi connectivity index (χ4n) is 4.29. The minimum absolute atomic E-state index is 0.213. The van der Waals surface area contributed by atoms with Crippen LogP contribution in [-0.2, 0) is 6.42 Å². The number of carboxylic acids is 1. The van der Waals surface area contributed by atoms with Crippen molar-refractivity contribution in [2.45, 2.75) is 12.8 Å². The number of amides is 1. The van der Waals surface area contributed by atoms with E-state index >= 15 is 0 Å². The molecular formula is C25H22N4O5. The Morgan fingerprint density at radius 2 is 1.82 bits per heavy atom. The number of fused-ring (bicyclic) bond motifs is 2. The number of hydrogen-bond acceptors (Lipinski definition) is 6. The van der Waals surface area contributed by atoms with Crippen molar-refractivity contribution in [2.75, 3.05) is 25.7 Å². The van der Waals surface area contributed by atoms with Crippen molar-refractivity contribution in [1.82, 2.24) is 14.6 Å². The van der Waals surface area contributed by atoms with Crippen LogP contribution in [0.2, 0.25) is 0 Å². The quantitative estimate of drug-likeness (QED) is 0.486. The Morgan fingerprint density at radius 3 is 2.59 bits per heavy atom. The summed E-state index contributed by atoms with van der Waals surface area (Å²) >= 11 is 0. The van der Waals surface area contributed by atoms with E-state index in [9.17, 15) is 14.7 Å². The summed E-state index contributed by atoms with van der Waals surface area (Å²) in [5.41, 5.74) is 4.14. The molecule has 0 bridgehead atoms. The Balaban J connectivity index is 1.53. The van der Waals surface area contributed by atoms with Gasteiger partial charge in [-0.15, -0.1) is 0 Å². The van der Waals surface area contributed by atoms with Crippen molar-refractivity contribution < 1.29 is 24.2 Å². The number of carbonyl (C=O) groups is 2. The predicted octanol–water partition coefficient (Wildman–Crippen LogP) is 3.70. The van der Waals surface area contributed by atoms with Crippen LogP contribution in [0.1, 0.15) is 32.8 Å². The molecule has 1 aliphatic heterocycles. The highest BCUT2D eigenvalue weighted by atomic mass is 16.5. The molecule has 0 radical (unpaired) electrons. The molecule has 172 valence electrons. The summed E-state index contributed by atoms with van der Waals surface area (Å²) < 4.78 is 12.4. The molecule has 0 aliphatic carbocycles. The lowest BCUT2D eigenvalue weighted by atomic mass is 9.99. The number of aromatic carboxylic acids is 1. The Morgan fingerprint density at radius 1 is 1.00 bits per heavy atom. The van der Waals surface area contributed by atoms with Crippen LogP contribution in [-0.4, -0.2) is 52.3 Å². The van der Waals surface area contributed by atoms with Gasteiger partial charge in [0.1, 0.15) is 0 Å². The summed E-state index contributed by atoms with van der Waals surface area (Å²) in [6, 6.07) is 13.9. The van der Waals surface area contributed by atoms with Gasteiger partial charge in [0, 0.05) is 30.1 Å². The first-order valence-corrected chi connectivity index (χ1v) is 10.8. The largest absolute Gasteiger partial charge is 0.493 e. The van der Waals surface area contributed by atoms with Gasteiger partial charge in [-0.1, -0.05) is 0 Å². The van der Waals surface area contributed by atoms with E-state index in [0.29, 0.717) is 29.4 Å². The smallest absolute Gasteiger partial charge is 0.335 e. The van der Waals surface area contributed by atoms with Crippen molar-refractivity contribution in [3.63, 3.8) is 0 Å². The van der Waals surface area contributed by atoms with Gasteiger partial charge in [-0.05, 0) is 60.9 Å². The molecule has 9 heteroatoms. The third-order valence-electron chi connectivity index (χ3n) is 5.95. The molecule has 4 aromatic rings. The minimum Gasteiger partial charge on any atom is -0.493 e. The topological polar surface area (TPSA) is 106 Å². The highest BCUT2D eigenvalue weighted by molar-refractivity contribution is 6.06. The highest BCUT2D eigenvalue weighted by Gasteiger charge is 2.27. The standard InChI is InChI=1S/C25H22N4O5/c1-33-21-8-6-16(13-22(21)34-2)20-9-10-26-23-14-18(27-29(20)23)24(30)28-11-3-4-15-12-17(25(31)32)5-7-19(15)28/h5-10,12-14H,3-4,11H2,1-2H3,(H,31,32). The number of carbonyl (C=O) groups excluding carboxylic acids is 1. The van der Waals surface area contributed by atoms with Crippen molar-refractivity contribution in [3.05, 3.63) is 71.5 Å². The lowest BCUT2D eigenvalue weighted by Gasteiger charge is -2.29. The van der Waals surface area contributed by atoms with Gasteiger partial charge in [0.25, 0.3) is 5.91 Å². The van der Waals surface area contributed by atoms with E-state index in [1.807, 2.05) is 24.3 Å². The van der Waals surface area contributed by atoms with Crippen LogP contribution in [0, 0.1) is 0 Å². The predicted molar refractivity (Wildman–Crippen MR) is 125 cm³/mol. The van der Waals surface area contributed by atoms with Crippen LogP contribution < -0.4 is 14.4 Å². The second kappa shape index (κ2) is 8.51. The van der Waals surface area contributed by atoms with E-state index in [-0.39, 0.29) is 17.2 Å².